The zero-order chi connectivity index (χ0) is 25.6. The van der Waals surface area contributed by atoms with Gasteiger partial charge in [0.05, 0.1) is 25.1 Å². The maximum absolute atomic E-state index is 13.9. The van der Waals surface area contributed by atoms with Gasteiger partial charge in [-0.3, -0.25) is 9.59 Å². The molecule has 1 saturated heterocycles. The lowest BCUT2D eigenvalue weighted by molar-refractivity contribution is -0.129. The zero-order valence-electron chi connectivity index (χ0n) is 21.5. The Morgan fingerprint density at radius 3 is 2.84 bits per heavy atom. The summed E-state index contributed by atoms with van der Waals surface area (Å²) >= 11 is 0. The van der Waals surface area contributed by atoms with Gasteiger partial charge in [-0.15, -0.1) is 0 Å². The van der Waals surface area contributed by atoms with Crippen molar-refractivity contribution in [3.8, 4) is 0 Å². The lowest BCUT2D eigenvalue weighted by Crippen LogP contribution is -2.44. The van der Waals surface area contributed by atoms with Crippen LogP contribution >= 0.6 is 0 Å². The van der Waals surface area contributed by atoms with Crippen LogP contribution in [0.15, 0.2) is 36.5 Å². The molecule has 0 spiro atoms. The van der Waals surface area contributed by atoms with E-state index in [4.69, 9.17) is 4.74 Å². The number of halogens is 1. The van der Waals surface area contributed by atoms with E-state index in [1.54, 1.807) is 18.3 Å². The molecule has 5 atom stereocenters. The van der Waals surface area contributed by atoms with Crippen LogP contribution in [0.25, 0.3) is 0 Å². The summed E-state index contributed by atoms with van der Waals surface area (Å²) in [7, 11) is 0. The Bertz CT molecular complexity index is 1180. The first-order valence-electron chi connectivity index (χ1n) is 13.8. The molecule has 3 aliphatic carbocycles. The number of Topliss-reactive ketones (excluding diaryl/α,β-unsaturated/α-hetero) is 1. The molecule has 3 unspecified atom stereocenters. The molecule has 4 aliphatic rings. The van der Waals surface area contributed by atoms with Crippen molar-refractivity contribution in [2.45, 2.75) is 57.8 Å². The third-order valence-electron chi connectivity index (χ3n) is 9.67. The van der Waals surface area contributed by atoms with Gasteiger partial charge in [-0.05, 0) is 91.2 Å². The lowest BCUT2D eigenvalue weighted by Gasteiger charge is -2.50. The fraction of sp³-hybridized carbons (Fsp3) is 0.567. The molecule has 1 aliphatic heterocycles. The number of fused-ring (bicyclic) bond motifs is 5. The molecule has 37 heavy (non-hydrogen) atoms. The van der Waals surface area contributed by atoms with Crippen LogP contribution in [-0.2, 0) is 20.7 Å². The molecular weight excluding hydrogens is 469 g/mol. The topological polar surface area (TPSA) is 71.5 Å². The molecule has 2 aromatic rings. The number of ether oxygens (including phenoxy) is 1. The number of morpholine rings is 1. The van der Waals surface area contributed by atoms with Gasteiger partial charge in [0.2, 0.25) is 5.91 Å². The van der Waals surface area contributed by atoms with Crippen LogP contribution in [0.3, 0.4) is 0 Å². The Morgan fingerprint density at radius 1 is 1.22 bits per heavy atom. The fourth-order valence-corrected chi connectivity index (χ4v) is 7.87. The van der Waals surface area contributed by atoms with Crippen LogP contribution in [0.5, 0.6) is 0 Å². The number of hydrogen-bond acceptors (Lipinski definition) is 5. The number of aryl methyl sites for hydroxylation is 1. The minimum Gasteiger partial charge on any atom is -0.378 e. The van der Waals surface area contributed by atoms with E-state index in [0.717, 1.165) is 63.2 Å². The molecule has 0 radical (unpaired) electrons. The molecule has 6 nitrogen and oxygen atoms in total. The summed E-state index contributed by atoms with van der Waals surface area (Å²) < 4.78 is 19.3. The van der Waals surface area contributed by atoms with Crippen LogP contribution < -0.4 is 10.2 Å². The first-order chi connectivity index (χ1) is 17.9. The number of ketones is 1. The average Bonchev–Trinajstić information content (AvgIpc) is 3.17. The van der Waals surface area contributed by atoms with Crippen molar-refractivity contribution in [2.24, 2.45) is 23.2 Å². The van der Waals surface area contributed by atoms with E-state index < -0.39 is 0 Å². The second-order valence-electron chi connectivity index (χ2n) is 11.6. The molecule has 0 bridgehead atoms. The van der Waals surface area contributed by atoms with Gasteiger partial charge >= 0.3 is 0 Å². The first kappa shape index (κ1) is 24.5. The molecule has 2 saturated carbocycles. The normalized spacial score (nSPS) is 30.9. The molecule has 1 amide bonds. The average molecular weight is 506 g/mol. The van der Waals surface area contributed by atoms with Gasteiger partial charge < -0.3 is 15.0 Å². The number of benzene rings is 1. The smallest absolute Gasteiger partial charge is 0.225 e. The maximum atomic E-state index is 13.9. The van der Waals surface area contributed by atoms with Crippen LogP contribution in [-0.4, -0.2) is 43.0 Å². The van der Waals surface area contributed by atoms with E-state index >= 15 is 0 Å². The number of carbonyl (C=O) groups is 2. The monoisotopic (exact) mass is 505 g/mol. The van der Waals surface area contributed by atoms with E-state index in [1.165, 1.54) is 5.56 Å². The molecule has 1 N–H and O–H groups in total. The first-order valence-corrected chi connectivity index (χ1v) is 13.8. The maximum Gasteiger partial charge on any atom is 0.225 e. The Balaban J connectivity index is 1.11. The van der Waals surface area contributed by atoms with Crippen molar-refractivity contribution in [1.29, 1.82) is 0 Å². The number of nitrogens with zero attached hydrogens (tertiary/aromatic N) is 2. The highest BCUT2D eigenvalue weighted by atomic mass is 19.1. The van der Waals surface area contributed by atoms with Gasteiger partial charge in [-0.2, -0.15) is 0 Å². The molecule has 2 heterocycles. The van der Waals surface area contributed by atoms with E-state index in [-0.39, 0.29) is 29.0 Å². The van der Waals surface area contributed by atoms with Gasteiger partial charge in [0, 0.05) is 31.3 Å². The number of hydrogen-bond donors (Lipinski definition) is 1. The van der Waals surface area contributed by atoms with Gasteiger partial charge in [0.15, 0.2) is 0 Å². The molecular formula is C30H36FN3O3. The van der Waals surface area contributed by atoms with Crippen molar-refractivity contribution >= 4 is 23.2 Å². The van der Waals surface area contributed by atoms with E-state index in [9.17, 15) is 14.0 Å². The van der Waals surface area contributed by atoms with Crippen LogP contribution in [0.1, 0.15) is 62.5 Å². The second kappa shape index (κ2) is 9.82. The predicted molar refractivity (Wildman–Crippen MR) is 140 cm³/mol. The van der Waals surface area contributed by atoms with Crippen molar-refractivity contribution in [3.05, 3.63) is 53.5 Å². The second-order valence-corrected chi connectivity index (χ2v) is 11.6. The molecule has 7 heteroatoms. The van der Waals surface area contributed by atoms with Crippen molar-refractivity contribution in [1.82, 2.24) is 4.98 Å². The summed E-state index contributed by atoms with van der Waals surface area (Å²) in [5.74, 6) is 2.03. The van der Waals surface area contributed by atoms with Crippen LogP contribution in [0, 0.1) is 29.0 Å². The Labute approximate surface area is 218 Å². The minimum absolute atomic E-state index is 0.0514. The summed E-state index contributed by atoms with van der Waals surface area (Å²) in [4.78, 5) is 32.8. The highest BCUT2D eigenvalue weighted by molar-refractivity contribution is 5.90. The predicted octanol–water partition coefficient (Wildman–Crippen LogP) is 5.13. The standard InChI is InChI=1S/C30H36FN3O3/c1-30-11-10-24-23-7-4-21(31)16-19(23)2-6-25(24)29(30)20(17-26(30)35)3-9-28(36)33-27-8-5-22(18-32-27)34-12-14-37-15-13-34/h4-5,7-8,16,18,20,24-25,29H,2-3,6,9-15,17H2,1H3,(H,32,33,36)/t20-,24?,25?,29?,30-/m1/s1. The summed E-state index contributed by atoms with van der Waals surface area (Å²) in [6.45, 7) is 5.29. The van der Waals surface area contributed by atoms with E-state index in [2.05, 4.69) is 22.1 Å². The van der Waals surface area contributed by atoms with E-state index in [0.29, 0.717) is 42.7 Å². The Hall–Kier alpha value is -2.80. The summed E-state index contributed by atoms with van der Waals surface area (Å²) in [6.07, 6.45) is 7.21. The summed E-state index contributed by atoms with van der Waals surface area (Å²) in [6, 6.07) is 9.10. The molecule has 196 valence electrons. The van der Waals surface area contributed by atoms with Gasteiger partial charge in [-0.1, -0.05) is 13.0 Å². The number of rotatable bonds is 5. The number of anilines is 2. The minimum atomic E-state index is -0.295. The Morgan fingerprint density at radius 2 is 2.05 bits per heavy atom. The van der Waals surface area contributed by atoms with Crippen molar-refractivity contribution < 1.29 is 18.7 Å². The fourth-order valence-electron chi connectivity index (χ4n) is 7.87. The molecule has 3 fully saturated rings. The summed E-state index contributed by atoms with van der Waals surface area (Å²) in [5, 5.41) is 2.95. The summed E-state index contributed by atoms with van der Waals surface area (Å²) in [5.41, 5.74) is 3.16. The number of aromatic nitrogens is 1. The SMILES string of the molecule is C[C@]12CCC3c4ccc(F)cc4CCC3C1[C@H](CCC(=O)Nc1ccc(N3CCOCC3)cn1)CC2=O. The lowest BCUT2D eigenvalue weighted by atomic mass is 9.54. The molecule has 1 aromatic heterocycles. The number of pyridine rings is 1. The third-order valence-corrected chi connectivity index (χ3v) is 9.67. The van der Waals surface area contributed by atoms with Crippen molar-refractivity contribution in [3.63, 3.8) is 0 Å². The largest absolute Gasteiger partial charge is 0.378 e. The molecule has 1 aromatic carbocycles. The van der Waals surface area contributed by atoms with E-state index in [1.807, 2.05) is 18.2 Å². The number of nitrogens with one attached hydrogen (secondary N) is 1. The van der Waals surface area contributed by atoms with Gasteiger partial charge in [0.1, 0.15) is 17.4 Å². The highest BCUT2D eigenvalue weighted by Gasteiger charge is 2.58. The Kier molecular flexibility index (Phi) is 6.51. The molecule has 6 rings (SSSR count). The van der Waals surface area contributed by atoms with Crippen molar-refractivity contribution in [2.75, 3.05) is 36.5 Å². The number of amides is 1. The number of carbonyl (C=O) groups excluding carboxylic acids is 2. The quantitative estimate of drug-likeness (QED) is 0.610. The third kappa shape index (κ3) is 4.56. The highest BCUT2D eigenvalue weighted by Crippen LogP contribution is 2.62. The van der Waals surface area contributed by atoms with Gasteiger partial charge in [0.25, 0.3) is 0 Å². The van der Waals surface area contributed by atoms with Gasteiger partial charge in [-0.25, -0.2) is 9.37 Å². The van der Waals surface area contributed by atoms with Crippen LogP contribution in [0.4, 0.5) is 15.9 Å². The zero-order valence-corrected chi connectivity index (χ0v) is 21.5. The van der Waals surface area contributed by atoms with Crippen LogP contribution in [0.2, 0.25) is 0 Å².